The van der Waals surface area contributed by atoms with Crippen molar-refractivity contribution in [1.29, 1.82) is 0 Å². The molecule has 1 aromatic rings. The zero-order valence-electron chi connectivity index (χ0n) is 14.9. The van der Waals surface area contributed by atoms with E-state index in [1.807, 2.05) is 3.58 Å². The van der Waals surface area contributed by atoms with Crippen LogP contribution in [0, 0.1) is 0 Å². The molecule has 0 saturated carbocycles. The molecule has 0 nitrogen and oxygen atoms in total. The van der Waals surface area contributed by atoms with Gasteiger partial charge in [0.1, 0.15) is 0 Å². The van der Waals surface area contributed by atoms with E-state index < -0.39 is 18.4 Å². The quantitative estimate of drug-likeness (QED) is 0.386. The van der Waals surface area contributed by atoms with Gasteiger partial charge in [0, 0.05) is 0 Å². The molecule has 0 amide bonds. The summed E-state index contributed by atoms with van der Waals surface area (Å²) in [7, 11) is 0. The van der Waals surface area contributed by atoms with Crippen LogP contribution in [0.2, 0.25) is 13.3 Å². The number of hydrogen-bond donors (Lipinski definition) is 0. The van der Waals surface area contributed by atoms with E-state index in [4.69, 9.17) is 0 Å². The Morgan fingerprint density at radius 1 is 0.714 bits per heavy atom. The third-order valence-electron chi connectivity index (χ3n) is 5.00. The molecule has 120 valence electrons. The third kappa shape index (κ3) is 5.62. The molecule has 0 aromatic heterocycles. The SMILES string of the molecule is CCC[CH2][Sn]([CH2]CCC)([CH2]CCC)[c]1ccccc1CC. The van der Waals surface area contributed by atoms with Crippen LogP contribution in [-0.4, -0.2) is 18.4 Å². The first-order chi connectivity index (χ1) is 10.2. The molecule has 0 aliphatic rings. The van der Waals surface area contributed by atoms with Gasteiger partial charge in [0.05, 0.1) is 0 Å². The zero-order valence-corrected chi connectivity index (χ0v) is 17.7. The van der Waals surface area contributed by atoms with Crippen LogP contribution in [0.4, 0.5) is 0 Å². The van der Waals surface area contributed by atoms with Gasteiger partial charge < -0.3 is 0 Å². The van der Waals surface area contributed by atoms with E-state index in [-0.39, 0.29) is 0 Å². The molecule has 1 rings (SSSR count). The van der Waals surface area contributed by atoms with Gasteiger partial charge in [0.2, 0.25) is 0 Å². The van der Waals surface area contributed by atoms with Crippen LogP contribution in [0.25, 0.3) is 0 Å². The molecule has 0 aliphatic carbocycles. The van der Waals surface area contributed by atoms with Crippen molar-refractivity contribution in [3.63, 3.8) is 0 Å². The summed E-state index contributed by atoms with van der Waals surface area (Å²) in [6.07, 6.45) is 9.70. The van der Waals surface area contributed by atoms with Gasteiger partial charge in [-0.25, -0.2) is 0 Å². The number of benzene rings is 1. The summed E-state index contributed by atoms with van der Waals surface area (Å²) in [6.45, 7) is 9.43. The van der Waals surface area contributed by atoms with Crippen LogP contribution >= 0.6 is 0 Å². The Labute approximate surface area is 137 Å². The monoisotopic (exact) mass is 396 g/mol. The Hall–Kier alpha value is 0.0187. The summed E-state index contributed by atoms with van der Waals surface area (Å²) in [6, 6.07) is 9.49. The second-order valence-electron chi connectivity index (χ2n) is 6.60. The molecule has 1 aromatic carbocycles. The summed E-state index contributed by atoms with van der Waals surface area (Å²) in [5, 5.41) is 0. The fourth-order valence-corrected chi connectivity index (χ4v) is 20.9. The molecule has 0 unspecified atom stereocenters. The predicted molar refractivity (Wildman–Crippen MR) is 100 cm³/mol. The summed E-state index contributed by atoms with van der Waals surface area (Å²) >= 11 is -2.19. The summed E-state index contributed by atoms with van der Waals surface area (Å²) in [4.78, 5) is 0. The zero-order chi connectivity index (χ0) is 15.6. The molecule has 21 heavy (non-hydrogen) atoms. The van der Waals surface area contributed by atoms with E-state index in [2.05, 4.69) is 52.0 Å². The normalized spacial score (nSPS) is 11.8. The molecule has 0 N–H and O–H groups in total. The molecule has 0 heterocycles. The first kappa shape index (κ1) is 19.1. The van der Waals surface area contributed by atoms with Crippen LogP contribution in [-0.2, 0) is 6.42 Å². The molecular weight excluding hydrogens is 359 g/mol. The Bertz CT molecular complexity index is 361. The number of aryl methyl sites for hydroxylation is 1. The van der Waals surface area contributed by atoms with Crippen LogP contribution in [0.3, 0.4) is 0 Å². The van der Waals surface area contributed by atoms with Gasteiger partial charge in [-0.1, -0.05) is 0 Å². The summed E-state index contributed by atoms with van der Waals surface area (Å²) in [5.74, 6) is 0. The predicted octanol–water partition coefficient (Wildman–Crippen LogP) is 6.31. The van der Waals surface area contributed by atoms with Gasteiger partial charge in [0.15, 0.2) is 0 Å². The van der Waals surface area contributed by atoms with E-state index in [0.29, 0.717) is 0 Å². The second kappa shape index (κ2) is 10.7. The first-order valence-corrected chi connectivity index (χ1v) is 16.8. The van der Waals surface area contributed by atoms with Gasteiger partial charge in [0.25, 0.3) is 0 Å². The first-order valence-electron chi connectivity index (χ1n) is 9.32. The van der Waals surface area contributed by atoms with Crippen molar-refractivity contribution in [1.82, 2.24) is 0 Å². The van der Waals surface area contributed by atoms with Gasteiger partial charge in [-0.15, -0.1) is 0 Å². The molecule has 0 saturated heterocycles. The van der Waals surface area contributed by atoms with Crippen LogP contribution in [0.5, 0.6) is 0 Å². The van der Waals surface area contributed by atoms with Gasteiger partial charge in [-0.2, -0.15) is 0 Å². The topological polar surface area (TPSA) is 0 Å². The van der Waals surface area contributed by atoms with E-state index in [9.17, 15) is 0 Å². The van der Waals surface area contributed by atoms with E-state index in [0.717, 1.165) is 0 Å². The van der Waals surface area contributed by atoms with Crippen molar-refractivity contribution in [2.24, 2.45) is 0 Å². The maximum atomic E-state index is 2.52. The van der Waals surface area contributed by atoms with Crippen LogP contribution < -0.4 is 3.58 Å². The molecule has 0 bridgehead atoms. The summed E-state index contributed by atoms with van der Waals surface area (Å²) in [5.41, 5.74) is 1.68. The van der Waals surface area contributed by atoms with Crippen molar-refractivity contribution in [3.05, 3.63) is 29.8 Å². The Balaban J connectivity index is 3.16. The van der Waals surface area contributed by atoms with Gasteiger partial charge in [-0.05, 0) is 0 Å². The number of hydrogen-bond acceptors (Lipinski definition) is 0. The van der Waals surface area contributed by atoms with Crippen molar-refractivity contribution >= 4 is 22.0 Å². The van der Waals surface area contributed by atoms with Crippen LogP contribution in [0.15, 0.2) is 24.3 Å². The van der Waals surface area contributed by atoms with Gasteiger partial charge >= 0.3 is 138 Å². The molecule has 0 radical (unpaired) electrons. The maximum absolute atomic E-state index is 2.52. The number of unbranched alkanes of at least 4 members (excludes halogenated alkanes) is 3. The molecule has 0 aliphatic heterocycles. The van der Waals surface area contributed by atoms with Gasteiger partial charge in [-0.3, -0.25) is 0 Å². The standard InChI is InChI=1S/C8H9.3C4H9.Sn/c1-2-8-6-4-3-5-7-8;3*1-3-4-2;/h3-6H,2H2,1H3;3*1,3-4H2,2H3;. The molecule has 0 fully saturated rings. The minimum atomic E-state index is -2.19. The summed E-state index contributed by atoms with van der Waals surface area (Å²) < 4.78 is 6.64. The number of rotatable bonds is 11. The second-order valence-corrected chi connectivity index (χ2v) is 19.7. The van der Waals surface area contributed by atoms with Crippen molar-refractivity contribution < 1.29 is 0 Å². The Morgan fingerprint density at radius 2 is 1.19 bits per heavy atom. The van der Waals surface area contributed by atoms with Crippen LogP contribution in [0.1, 0.15) is 71.8 Å². The molecule has 1 heteroatoms. The van der Waals surface area contributed by atoms with E-state index in [1.54, 1.807) is 18.9 Å². The average molecular weight is 395 g/mol. The Morgan fingerprint density at radius 3 is 1.62 bits per heavy atom. The third-order valence-corrected chi connectivity index (χ3v) is 20.9. The Kier molecular flexibility index (Phi) is 9.71. The minimum absolute atomic E-state index is 1.22. The van der Waals surface area contributed by atoms with Crippen molar-refractivity contribution in [2.75, 3.05) is 0 Å². The molecular formula is C20H36Sn. The average Bonchev–Trinajstić information content (AvgIpc) is 2.54. The fraction of sp³-hybridized carbons (Fsp3) is 0.700. The van der Waals surface area contributed by atoms with Crippen molar-refractivity contribution in [2.45, 2.75) is 86.0 Å². The fourth-order valence-electron chi connectivity index (χ4n) is 3.67. The molecule has 0 atom stereocenters. The molecule has 0 spiro atoms. The van der Waals surface area contributed by atoms with Crippen molar-refractivity contribution in [3.8, 4) is 0 Å². The van der Waals surface area contributed by atoms with E-state index >= 15 is 0 Å². The van der Waals surface area contributed by atoms with E-state index in [1.165, 1.54) is 44.9 Å².